The Bertz CT molecular complexity index is 1480. The Balaban J connectivity index is 1.45. The second-order valence-electron chi connectivity index (χ2n) is 10.2. The lowest BCUT2D eigenvalue weighted by Crippen LogP contribution is -2.23. The summed E-state index contributed by atoms with van der Waals surface area (Å²) >= 11 is 0. The van der Waals surface area contributed by atoms with Gasteiger partial charge in [-0.1, -0.05) is 39.0 Å². The number of aromatic nitrogens is 1. The summed E-state index contributed by atoms with van der Waals surface area (Å²) in [5.41, 5.74) is 4.31. The fourth-order valence-electron chi connectivity index (χ4n) is 4.13. The zero-order valence-corrected chi connectivity index (χ0v) is 21.8. The van der Waals surface area contributed by atoms with Gasteiger partial charge < -0.3 is 24.5 Å². The fraction of sp³-hybridized carbons (Fsp3) is 0.233. The number of anilines is 1. The Labute approximate surface area is 221 Å². The Hall–Kier alpha value is -4.59. The molecular weight excluding hydrogens is 482 g/mol. The number of rotatable bonds is 6. The van der Waals surface area contributed by atoms with Crippen LogP contribution in [0.1, 0.15) is 49.3 Å². The number of hydrogen-bond donors (Lipinski definition) is 2. The van der Waals surface area contributed by atoms with Crippen LogP contribution in [0.15, 0.2) is 71.1 Å². The fourth-order valence-corrected chi connectivity index (χ4v) is 4.13. The molecule has 0 fully saturated rings. The zero-order valence-electron chi connectivity index (χ0n) is 21.8. The molecule has 8 nitrogen and oxygen atoms in total. The van der Waals surface area contributed by atoms with Gasteiger partial charge in [-0.15, -0.1) is 0 Å². The second-order valence-corrected chi connectivity index (χ2v) is 10.2. The molecule has 1 aliphatic heterocycles. The van der Waals surface area contributed by atoms with Gasteiger partial charge in [-0.3, -0.25) is 9.59 Å². The van der Waals surface area contributed by atoms with Crippen LogP contribution in [0.5, 0.6) is 11.5 Å². The Kier molecular flexibility index (Phi) is 6.63. The minimum absolute atomic E-state index is 0.00963. The second kappa shape index (κ2) is 10.0. The van der Waals surface area contributed by atoms with E-state index in [9.17, 15) is 9.59 Å². The van der Waals surface area contributed by atoms with Crippen molar-refractivity contribution >= 4 is 17.5 Å². The van der Waals surface area contributed by atoms with Crippen LogP contribution in [-0.4, -0.2) is 23.6 Å². The van der Waals surface area contributed by atoms with Crippen LogP contribution in [0.3, 0.4) is 0 Å². The minimum Gasteiger partial charge on any atom is -0.454 e. The van der Waals surface area contributed by atoms with E-state index >= 15 is 0 Å². The van der Waals surface area contributed by atoms with E-state index in [1.807, 2.05) is 42.5 Å². The smallest absolute Gasteiger partial charge is 0.274 e. The summed E-state index contributed by atoms with van der Waals surface area (Å²) in [6, 6.07) is 20.6. The molecule has 0 bridgehead atoms. The number of carbonyl (C=O) groups excluding carboxylic acids is 2. The van der Waals surface area contributed by atoms with Crippen LogP contribution in [0.25, 0.3) is 22.8 Å². The number of ether oxygens (including phenoxy) is 2. The molecule has 0 saturated heterocycles. The number of hydrogen-bond acceptors (Lipinski definition) is 6. The van der Waals surface area contributed by atoms with Gasteiger partial charge in [-0.05, 0) is 65.1 Å². The molecule has 0 saturated carbocycles. The summed E-state index contributed by atoms with van der Waals surface area (Å²) in [4.78, 5) is 29.3. The molecular formula is C30H29N3O5. The van der Waals surface area contributed by atoms with Crippen molar-refractivity contribution in [3.63, 3.8) is 0 Å². The van der Waals surface area contributed by atoms with Gasteiger partial charge in [0.1, 0.15) is 0 Å². The maximum Gasteiger partial charge on any atom is 0.274 e. The third-order valence-corrected chi connectivity index (χ3v) is 6.20. The van der Waals surface area contributed by atoms with Crippen molar-refractivity contribution in [2.75, 3.05) is 12.1 Å². The number of amides is 2. The molecule has 194 valence electrons. The first-order valence-electron chi connectivity index (χ1n) is 12.3. The highest BCUT2D eigenvalue weighted by Gasteiger charge is 2.23. The van der Waals surface area contributed by atoms with Crippen molar-refractivity contribution < 1.29 is 23.5 Å². The third-order valence-electron chi connectivity index (χ3n) is 6.20. The number of nitrogens with one attached hydrogen (secondary N) is 2. The quantitative estimate of drug-likeness (QED) is 0.333. The van der Waals surface area contributed by atoms with Gasteiger partial charge in [0.05, 0.1) is 0 Å². The number of carbonyl (C=O) groups is 2. The van der Waals surface area contributed by atoms with E-state index in [0.717, 1.165) is 11.1 Å². The van der Waals surface area contributed by atoms with Gasteiger partial charge in [0, 0.05) is 30.3 Å². The molecule has 0 atom stereocenters. The standard InChI is InChI=1S/C30H29N3O5/c1-18(34)32-23-12-8-20(9-13-23)27-26(28(35)31-16-19-5-14-24-25(15-19)37-17-36-24)33-29(38-27)21-6-10-22(11-7-21)30(2,3)4/h5-15H,16-17H2,1-4H3,(H,31,35)(H,32,34). The summed E-state index contributed by atoms with van der Waals surface area (Å²) in [6.45, 7) is 8.37. The predicted octanol–water partition coefficient (Wildman–Crippen LogP) is 5.92. The number of fused-ring (bicyclic) bond motifs is 1. The van der Waals surface area contributed by atoms with E-state index in [2.05, 4.69) is 36.4 Å². The summed E-state index contributed by atoms with van der Waals surface area (Å²) in [5.74, 6) is 1.49. The van der Waals surface area contributed by atoms with E-state index in [4.69, 9.17) is 13.9 Å². The van der Waals surface area contributed by atoms with Crippen LogP contribution in [0.2, 0.25) is 0 Å². The topological polar surface area (TPSA) is 103 Å². The summed E-state index contributed by atoms with van der Waals surface area (Å²) in [6.07, 6.45) is 0. The maximum absolute atomic E-state index is 13.3. The van der Waals surface area contributed by atoms with Crippen molar-refractivity contribution in [1.82, 2.24) is 10.3 Å². The van der Waals surface area contributed by atoms with Gasteiger partial charge in [0.25, 0.3) is 5.91 Å². The first-order chi connectivity index (χ1) is 18.2. The van der Waals surface area contributed by atoms with E-state index in [1.165, 1.54) is 12.5 Å². The molecule has 0 radical (unpaired) electrons. The molecule has 1 aliphatic rings. The van der Waals surface area contributed by atoms with Crippen molar-refractivity contribution in [3.8, 4) is 34.3 Å². The first kappa shape index (κ1) is 25.1. The maximum atomic E-state index is 13.3. The number of oxazole rings is 1. The first-order valence-corrected chi connectivity index (χ1v) is 12.3. The number of nitrogens with zero attached hydrogens (tertiary/aromatic N) is 1. The summed E-state index contributed by atoms with van der Waals surface area (Å²) in [5, 5.41) is 5.67. The summed E-state index contributed by atoms with van der Waals surface area (Å²) < 4.78 is 17.0. The van der Waals surface area contributed by atoms with Gasteiger partial charge in [-0.2, -0.15) is 0 Å². The van der Waals surface area contributed by atoms with E-state index in [-0.39, 0.29) is 36.3 Å². The third kappa shape index (κ3) is 5.39. The molecule has 38 heavy (non-hydrogen) atoms. The molecule has 4 aromatic rings. The van der Waals surface area contributed by atoms with Crippen LogP contribution in [0, 0.1) is 0 Å². The lowest BCUT2D eigenvalue weighted by molar-refractivity contribution is -0.114. The van der Waals surface area contributed by atoms with E-state index in [1.54, 1.807) is 24.3 Å². The largest absolute Gasteiger partial charge is 0.454 e. The minimum atomic E-state index is -0.370. The predicted molar refractivity (Wildman–Crippen MR) is 144 cm³/mol. The molecule has 0 aliphatic carbocycles. The highest BCUT2D eigenvalue weighted by atomic mass is 16.7. The van der Waals surface area contributed by atoms with Crippen LogP contribution in [-0.2, 0) is 16.8 Å². The van der Waals surface area contributed by atoms with Gasteiger partial charge in [-0.25, -0.2) is 4.98 Å². The van der Waals surface area contributed by atoms with Crippen molar-refractivity contribution in [3.05, 3.63) is 83.6 Å². The monoisotopic (exact) mass is 511 g/mol. The molecule has 1 aromatic heterocycles. The Morgan fingerprint density at radius 1 is 0.895 bits per heavy atom. The SMILES string of the molecule is CC(=O)Nc1ccc(-c2oc(-c3ccc(C(C)(C)C)cc3)nc2C(=O)NCc2ccc3c(c2)OCO3)cc1. The van der Waals surface area contributed by atoms with Crippen LogP contribution in [0.4, 0.5) is 5.69 Å². The van der Waals surface area contributed by atoms with Crippen molar-refractivity contribution in [1.29, 1.82) is 0 Å². The summed E-state index contributed by atoms with van der Waals surface area (Å²) in [7, 11) is 0. The molecule has 3 aromatic carbocycles. The Morgan fingerprint density at radius 3 is 2.26 bits per heavy atom. The van der Waals surface area contributed by atoms with Crippen LogP contribution < -0.4 is 20.1 Å². The highest BCUT2D eigenvalue weighted by molar-refractivity contribution is 5.98. The van der Waals surface area contributed by atoms with Gasteiger partial charge in [0.2, 0.25) is 18.6 Å². The van der Waals surface area contributed by atoms with Gasteiger partial charge >= 0.3 is 0 Å². The normalized spacial score (nSPS) is 12.3. The van der Waals surface area contributed by atoms with Gasteiger partial charge in [0.15, 0.2) is 23.0 Å². The molecule has 0 unspecified atom stereocenters. The molecule has 2 N–H and O–H groups in total. The average molecular weight is 512 g/mol. The molecule has 8 heteroatoms. The van der Waals surface area contributed by atoms with Crippen molar-refractivity contribution in [2.45, 2.75) is 39.7 Å². The van der Waals surface area contributed by atoms with E-state index < -0.39 is 0 Å². The highest BCUT2D eigenvalue weighted by Crippen LogP contribution is 2.34. The van der Waals surface area contributed by atoms with E-state index in [0.29, 0.717) is 34.4 Å². The lowest BCUT2D eigenvalue weighted by atomic mass is 9.87. The molecule has 2 amide bonds. The van der Waals surface area contributed by atoms with Crippen molar-refractivity contribution in [2.24, 2.45) is 0 Å². The molecule has 2 heterocycles. The Morgan fingerprint density at radius 2 is 1.58 bits per heavy atom. The molecule has 0 spiro atoms. The zero-order chi connectivity index (χ0) is 26.9. The lowest BCUT2D eigenvalue weighted by Gasteiger charge is -2.18. The van der Waals surface area contributed by atoms with Crippen LogP contribution >= 0.6 is 0 Å². The number of benzene rings is 3. The molecule has 5 rings (SSSR count). The average Bonchev–Trinajstić information content (AvgIpc) is 3.54.